The van der Waals surface area contributed by atoms with Gasteiger partial charge < -0.3 is 19.0 Å². The third-order valence-electron chi connectivity index (χ3n) is 3.96. The summed E-state index contributed by atoms with van der Waals surface area (Å²) >= 11 is 0. The minimum absolute atomic E-state index is 0.298. The van der Waals surface area contributed by atoms with Crippen LogP contribution in [0.5, 0.6) is 0 Å². The normalized spacial score (nSPS) is 30.3. The van der Waals surface area contributed by atoms with E-state index in [9.17, 15) is 14.4 Å². The van der Waals surface area contributed by atoms with E-state index in [1.54, 1.807) is 20.0 Å². The summed E-state index contributed by atoms with van der Waals surface area (Å²) in [5, 5.41) is 8.86. The van der Waals surface area contributed by atoms with E-state index in [-0.39, 0.29) is 12.0 Å². The molecule has 136 valence electrons. The number of hydrogen-bond donors (Lipinski definition) is 1. The summed E-state index contributed by atoms with van der Waals surface area (Å²) in [6, 6.07) is 2.51. The number of hydrogen-bond acceptors (Lipinski definition) is 7. The molecule has 0 aromatic heterocycles. The van der Waals surface area contributed by atoms with Crippen molar-refractivity contribution in [2.45, 2.75) is 77.2 Å². The summed E-state index contributed by atoms with van der Waals surface area (Å²) < 4.78 is 16.8. The highest BCUT2D eigenvalue weighted by atomic mass is 28.4. The number of ether oxygens (including phenoxy) is 3. The molecule has 0 unspecified atom stereocenters. The molecule has 0 spiro atoms. The molecule has 24 heavy (non-hydrogen) atoms. The van der Waals surface area contributed by atoms with Crippen molar-refractivity contribution < 1.29 is 28.6 Å². The van der Waals surface area contributed by atoms with Gasteiger partial charge in [0.15, 0.2) is 14.4 Å². The highest BCUT2D eigenvalue weighted by Gasteiger charge is 2.49. The molecule has 0 aromatic carbocycles. The van der Waals surface area contributed by atoms with Crippen LogP contribution in [-0.2, 0) is 23.8 Å². The van der Waals surface area contributed by atoms with Gasteiger partial charge in [-0.1, -0.05) is 0 Å². The zero-order chi connectivity index (χ0) is 18.5. The minimum atomic E-state index is -2.50. The van der Waals surface area contributed by atoms with Crippen LogP contribution >= 0.6 is 0 Å². The zero-order valence-corrected chi connectivity index (χ0v) is 15.9. The molecular weight excluding hydrogens is 330 g/mol. The van der Waals surface area contributed by atoms with Gasteiger partial charge >= 0.3 is 11.9 Å². The fourth-order valence-electron chi connectivity index (χ4n) is 3.19. The third kappa shape index (κ3) is 6.22. The van der Waals surface area contributed by atoms with Crippen LogP contribution in [0.25, 0.3) is 0 Å². The largest absolute Gasteiger partial charge is 0.458 e. The molecule has 0 aromatic rings. The summed E-state index contributed by atoms with van der Waals surface area (Å²) in [6.07, 6.45) is -1.47. The lowest BCUT2D eigenvalue weighted by Crippen LogP contribution is -2.57. The first-order valence-corrected chi connectivity index (χ1v) is 11.3. The van der Waals surface area contributed by atoms with Crippen molar-refractivity contribution in [1.82, 2.24) is 0 Å². The maximum atomic E-state index is 11.6. The van der Waals surface area contributed by atoms with Crippen molar-refractivity contribution in [3.8, 4) is 6.07 Å². The molecule has 1 saturated heterocycles. The number of nitriles is 1. The van der Waals surface area contributed by atoms with Crippen molar-refractivity contribution >= 4 is 20.3 Å². The fraction of sp³-hybridized carbons (Fsp3) is 0.812. The van der Waals surface area contributed by atoms with Gasteiger partial charge in [-0.3, -0.25) is 9.59 Å². The number of carbonyl (C=O) groups excluding carboxylic acids is 2. The van der Waals surface area contributed by atoms with E-state index in [4.69, 9.17) is 19.5 Å². The van der Waals surface area contributed by atoms with Crippen LogP contribution in [0.3, 0.4) is 0 Å². The summed E-state index contributed by atoms with van der Waals surface area (Å²) in [7, 11) is -2.50. The van der Waals surface area contributed by atoms with E-state index in [0.717, 1.165) is 0 Å². The Morgan fingerprint density at radius 1 is 1.21 bits per heavy atom. The minimum Gasteiger partial charge on any atom is -0.458 e. The topological polar surface area (TPSA) is 106 Å². The van der Waals surface area contributed by atoms with Crippen LogP contribution in [0, 0.1) is 17.2 Å². The summed E-state index contributed by atoms with van der Waals surface area (Å²) in [5.74, 6) is -1.29. The number of rotatable bonds is 6. The average Bonchev–Trinajstić information content (AvgIpc) is 2.41. The number of carbonyl (C=O) groups is 2. The Morgan fingerprint density at radius 3 is 2.21 bits per heavy atom. The van der Waals surface area contributed by atoms with Crippen molar-refractivity contribution in [3.05, 3.63) is 0 Å². The summed E-state index contributed by atoms with van der Waals surface area (Å²) in [6.45, 7) is 7.92. The van der Waals surface area contributed by atoms with Gasteiger partial charge in [-0.25, -0.2) is 0 Å². The Morgan fingerprint density at radius 2 is 1.75 bits per heavy atom. The SMILES string of the molecule is CC(=O)O[C@@H]1[C@@H](OC(C)=O)[C@@H](C[Si](C)(C)O)[C@H](CCC#N)O[C@H]1C. The van der Waals surface area contributed by atoms with E-state index in [1.165, 1.54) is 13.8 Å². The Kier molecular flexibility index (Phi) is 7.39. The van der Waals surface area contributed by atoms with E-state index in [2.05, 4.69) is 6.07 Å². The lowest BCUT2D eigenvalue weighted by molar-refractivity contribution is -0.220. The Hall–Kier alpha value is -1.43. The van der Waals surface area contributed by atoms with Gasteiger partial charge in [-0.15, -0.1) is 0 Å². The van der Waals surface area contributed by atoms with Gasteiger partial charge in [0.2, 0.25) is 0 Å². The maximum absolute atomic E-state index is 11.6. The van der Waals surface area contributed by atoms with Gasteiger partial charge in [0, 0.05) is 26.2 Å². The summed E-state index contributed by atoms with van der Waals surface area (Å²) in [4.78, 5) is 33.4. The highest BCUT2D eigenvalue weighted by molar-refractivity contribution is 6.69. The van der Waals surface area contributed by atoms with Crippen molar-refractivity contribution in [2.75, 3.05) is 0 Å². The smallest absolute Gasteiger partial charge is 0.303 e. The van der Waals surface area contributed by atoms with Crippen LogP contribution in [0.2, 0.25) is 19.1 Å². The lowest BCUT2D eigenvalue weighted by atomic mass is 9.86. The van der Waals surface area contributed by atoms with Crippen LogP contribution < -0.4 is 0 Å². The highest BCUT2D eigenvalue weighted by Crippen LogP contribution is 2.37. The van der Waals surface area contributed by atoms with Crippen molar-refractivity contribution in [2.24, 2.45) is 5.92 Å². The monoisotopic (exact) mass is 357 g/mol. The van der Waals surface area contributed by atoms with Crippen LogP contribution in [0.15, 0.2) is 0 Å². The lowest BCUT2D eigenvalue weighted by Gasteiger charge is -2.46. The van der Waals surface area contributed by atoms with E-state index in [1.807, 2.05) is 0 Å². The quantitative estimate of drug-likeness (QED) is 0.570. The zero-order valence-electron chi connectivity index (χ0n) is 14.9. The first kappa shape index (κ1) is 20.6. The van der Waals surface area contributed by atoms with Gasteiger partial charge in [0.1, 0.15) is 6.10 Å². The standard InChI is InChI=1S/C16H27NO6Si/c1-10-15(22-11(2)18)16(23-12(3)19)13(9-24(4,5)20)14(21-10)7-6-8-17/h10,13-16,20H,6-7,9H2,1-5H3/t10-,13-,14-,15-,16-/m0/s1. The molecule has 1 fully saturated rings. The molecule has 1 rings (SSSR count). The Labute approximate surface area is 144 Å². The maximum Gasteiger partial charge on any atom is 0.303 e. The predicted octanol–water partition coefficient (Wildman–Crippen LogP) is 1.75. The van der Waals surface area contributed by atoms with Gasteiger partial charge in [-0.05, 0) is 32.5 Å². The molecule has 8 heteroatoms. The van der Waals surface area contributed by atoms with Gasteiger partial charge in [-0.2, -0.15) is 5.26 Å². The second-order valence-electron chi connectivity index (χ2n) is 6.90. The molecule has 0 saturated carbocycles. The van der Waals surface area contributed by atoms with Crippen LogP contribution in [-0.4, -0.2) is 49.5 Å². The molecule has 5 atom stereocenters. The first-order valence-electron chi connectivity index (χ1n) is 8.14. The molecule has 0 radical (unpaired) electrons. The van der Waals surface area contributed by atoms with Crippen LogP contribution in [0.1, 0.15) is 33.6 Å². The second-order valence-corrected chi connectivity index (χ2v) is 10.9. The van der Waals surface area contributed by atoms with Crippen LogP contribution in [0.4, 0.5) is 0 Å². The van der Waals surface area contributed by atoms with Crippen molar-refractivity contribution in [1.29, 1.82) is 5.26 Å². The fourth-order valence-corrected chi connectivity index (χ4v) is 4.84. The molecular formula is C16H27NO6Si. The Balaban J connectivity index is 3.16. The molecule has 0 amide bonds. The molecule has 1 N–H and O–H groups in total. The Bertz CT molecular complexity index is 498. The first-order chi connectivity index (χ1) is 11.0. The molecule has 0 bridgehead atoms. The van der Waals surface area contributed by atoms with Gasteiger partial charge in [0.25, 0.3) is 0 Å². The van der Waals surface area contributed by atoms with E-state index in [0.29, 0.717) is 18.9 Å². The molecule has 1 aliphatic rings. The summed E-state index contributed by atoms with van der Waals surface area (Å²) in [5.41, 5.74) is 0. The van der Waals surface area contributed by atoms with E-state index >= 15 is 0 Å². The number of nitrogens with zero attached hydrogens (tertiary/aromatic N) is 1. The number of esters is 2. The average molecular weight is 357 g/mol. The van der Waals surface area contributed by atoms with Gasteiger partial charge in [0.05, 0.1) is 18.3 Å². The predicted molar refractivity (Wildman–Crippen MR) is 88.3 cm³/mol. The van der Waals surface area contributed by atoms with E-state index < -0.39 is 38.6 Å². The molecule has 1 aliphatic heterocycles. The third-order valence-corrected chi connectivity index (χ3v) is 5.43. The van der Waals surface area contributed by atoms with Crippen molar-refractivity contribution in [3.63, 3.8) is 0 Å². The molecule has 1 heterocycles. The molecule has 0 aliphatic carbocycles. The molecule has 7 nitrogen and oxygen atoms in total. The second kappa shape index (κ2) is 8.60.